The predicted octanol–water partition coefficient (Wildman–Crippen LogP) is 5.96. The van der Waals surface area contributed by atoms with Crippen molar-refractivity contribution in [3.63, 3.8) is 0 Å². The zero-order valence-corrected chi connectivity index (χ0v) is 28.8. The van der Waals surface area contributed by atoms with Gasteiger partial charge in [-0.05, 0) is 76.3 Å². The maximum absolute atomic E-state index is 16.2. The molecule has 2 amide bonds. The number of aromatic nitrogens is 2. The van der Waals surface area contributed by atoms with E-state index in [1.165, 1.54) is 12.0 Å². The molecule has 6 rings (SSSR count). The van der Waals surface area contributed by atoms with Crippen LogP contribution in [0, 0.1) is 17.3 Å². The van der Waals surface area contributed by atoms with Crippen molar-refractivity contribution in [2.24, 2.45) is 17.3 Å². The van der Waals surface area contributed by atoms with Crippen LogP contribution in [-0.2, 0) is 25.0 Å². The fraction of sp³-hybridized carbons (Fsp3) is 0.694. The van der Waals surface area contributed by atoms with Crippen molar-refractivity contribution in [1.29, 1.82) is 0 Å². The Morgan fingerprint density at radius 3 is 2.51 bits per heavy atom. The number of fused-ring (bicyclic) bond motifs is 5. The van der Waals surface area contributed by atoms with Gasteiger partial charge in [-0.15, -0.1) is 0 Å². The third-order valence-electron chi connectivity index (χ3n) is 11.5. The van der Waals surface area contributed by atoms with E-state index in [1.54, 1.807) is 18.2 Å². The summed E-state index contributed by atoms with van der Waals surface area (Å²) in [6, 6.07) is 2.90. The van der Waals surface area contributed by atoms with E-state index < -0.39 is 65.2 Å². The van der Waals surface area contributed by atoms with Gasteiger partial charge < -0.3 is 34.0 Å². The molecule has 1 N–H and O–H groups in total. The Morgan fingerprint density at radius 1 is 1.04 bits per heavy atom. The standard InChI is InChI=1S/C36H48F2N4O7/c1-5-24-27(21-43)42-20-28(24)48-31-29(39-25-12-11-23(46-4)19-26(25)40-31)36(37,38)14-7-6-9-22-10-8-13-35(22,3)49-33(45)41-30(32(42)44)34(2)15-17-47-18-16-34/h11-12,19,21-22,24,27-28,30H,5-10,13-18,20H2,1-4H3,(H,41,45)/t22-,24+,27-,28+,30-,35-/m1/s1. The Hall–Kier alpha value is -3.61. The number of hydrogen-bond donors (Lipinski definition) is 1. The Morgan fingerprint density at radius 2 is 1.80 bits per heavy atom. The van der Waals surface area contributed by atoms with Gasteiger partial charge in [0.1, 0.15) is 29.8 Å². The first-order chi connectivity index (χ1) is 23.4. The van der Waals surface area contributed by atoms with Gasteiger partial charge in [-0.1, -0.05) is 20.3 Å². The Kier molecular flexibility index (Phi) is 10.0. The normalized spacial score (nSPS) is 32.1. The summed E-state index contributed by atoms with van der Waals surface area (Å²) in [5, 5.41) is 2.94. The molecule has 6 atom stereocenters. The molecule has 2 saturated heterocycles. The molecule has 0 unspecified atom stereocenters. The number of carbonyl (C=O) groups is 3. The fourth-order valence-electron chi connectivity index (χ4n) is 8.39. The average Bonchev–Trinajstić information content (AvgIpc) is 3.62. The molecule has 3 fully saturated rings. The lowest BCUT2D eigenvalue weighted by Crippen LogP contribution is -2.59. The van der Waals surface area contributed by atoms with Crippen molar-refractivity contribution in [2.75, 3.05) is 26.9 Å². The molecule has 0 spiro atoms. The number of nitrogens with one attached hydrogen (secondary N) is 1. The van der Waals surface area contributed by atoms with Gasteiger partial charge in [-0.25, -0.2) is 14.8 Å². The molecule has 13 heteroatoms. The lowest BCUT2D eigenvalue weighted by Gasteiger charge is -2.42. The average molecular weight is 687 g/mol. The molecule has 2 bridgehead atoms. The van der Waals surface area contributed by atoms with Gasteiger partial charge in [0.25, 0.3) is 5.92 Å². The van der Waals surface area contributed by atoms with Crippen molar-refractivity contribution in [3.05, 3.63) is 23.9 Å². The highest BCUT2D eigenvalue weighted by molar-refractivity contribution is 5.89. The van der Waals surface area contributed by atoms with Crippen LogP contribution in [0.25, 0.3) is 11.0 Å². The van der Waals surface area contributed by atoms with Crippen LogP contribution in [0.4, 0.5) is 13.6 Å². The molecule has 1 aromatic carbocycles. The second kappa shape index (κ2) is 14.0. The highest BCUT2D eigenvalue weighted by atomic mass is 19.3. The quantitative estimate of drug-likeness (QED) is 0.388. The molecule has 1 aliphatic carbocycles. The number of halogens is 2. The molecular formula is C36H48F2N4O7. The third kappa shape index (κ3) is 6.92. The highest BCUT2D eigenvalue weighted by Crippen LogP contribution is 2.45. The van der Waals surface area contributed by atoms with E-state index >= 15 is 8.78 Å². The molecule has 268 valence electrons. The van der Waals surface area contributed by atoms with E-state index in [0.717, 1.165) is 12.8 Å². The van der Waals surface area contributed by atoms with E-state index in [-0.39, 0.29) is 30.3 Å². The SMILES string of the molecule is CC[C@@H]1[C@@H]2CN(C(=O)[C@H](C3(C)CCOCC3)NC(=O)O[C@]3(C)CCC[C@H]3CCCCC(F)(F)c3nc4ccc(OC)cc4nc3O2)[C@@H]1C=O. The molecule has 1 saturated carbocycles. The number of benzene rings is 1. The van der Waals surface area contributed by atoms with Gasteiger partial charge in [0, 0.05) is 37.0 Å². The number of hydrogen-bond acceptors (Lipinski definition) is 9. The van der Waals surface area contributed by atoms with Crippen LogP contribution in [-0.4, -0.2) is 83.8 Å². The number of carbonyl (C=O) groups excluding carboxylic acids is 3. The van der Waals surface area contributed by atoms with Crippen molar-refractivity contribution in [2.45, 2.75) is 115 Å². The summed E-state index contributed by atoms with van der Waals surface area (Å²) >= 11 is 0. The number of methoxy groups -OCH3 is 1. The summed E-state index contributed by atoms with van der Waals surface area (Å²) in [7, 11) is 1.50. The van der Waals surface area contributed by atoms with Crippen molar-refractivity contribution in [3.8, 4) is 11.6 Å². The topological polar surface area (TPSA) is 129 Å². The van der Waals surface area contributed by atoms with Crippen molar-refractivity contribution < 1.29 is 42.1 Å². The summed E-state index contributed by atoms with van der Waals surface area (Å²) < 4.78 is 55.8. The maximum atomic E-state index is 16.2. The van der Waals surface area contributed by atoms with Gasteiger partial charge in [0.15, 0.2) is 5.69 Å². The maximum Gasteiger partial charge on any atom is 0.408 e. The number of nitrogens with zero attached hydrogens (tertiary/aromatic N) is 3. The van der Waals surface area contributed by atoms with Crippen LogP contribution in [0.5, 0.6) is 11.6 Å². The minimum atomic E-state index is -3.38. The van der Waals surface area contributed by atoms with E-state index in [4.69, 9.17) is 18.9 Å². The monoisotopic (exact) mass is 686 g/mol. The molecule has 4 aliphatic rings. The van der Waals surface area contributed by atoms with E-state index in [2.05, 4.69) is 15.3 Å². The first kappa shape index (κ1) is 35.2. The smallest absolute Gasteiger partial charge is 0.408 e. The zero-order chi connectivity index (χ0) is 35.0. The number of amides is 2. The van der Waals surface area contributed by atoms with Gasteiger partial charge >= 0.3 is 6.09 Å². The molecule has 11 nitrogen and oxygen atoms in total. The van der Waals surface area contributed by atoms with Crippen molar-refractivity contribution in [1.82, 2.24) is 20.2 Å². The third-order valence-corrected chi connectivity index (χ3v) is 11.5. The molecule has 0 radical (unpaired) electrons. The summed E-state index contributed by atoms with van der Waals surface area (Å²) in [6.45, 7) is 6.46. The second-order valence-electron chi connectivity index (χ2n) is 14.7. The van der Waals surface area contributed by atoms with Gasteiger partial charge in [-0.3, -0.25) is 4.79 Å². The number of aldehydes is 1. The first-order valence-electron chi connectivity index (χ1n) is 17.6. The largest absolute Gasteiger partial charge is 0.497 e. The van der Waals surface area contributed by atoms with Crippen LogP contribution < -0.4 is 14.8 Å². The fourth-order valence-corrected chi connectivity index (χ4v) is 8.39. The van der Waals surface area contributed by atoms with Crippen molar-refractivity contribution >= 4 is 29.3 Å². The minimum Gasteiger partial charge on any atom is -0.497 e. The van der Waals surface area contributed by atoms with Crippen LogP contribution >= 0.6 is 0 Å². The van der Waals surface area contributed by atoms with Crippen LogP contribution in [0.15, 0.2) is 18.2 Å². The van der Waals surface area contributed by atoms with Crippen LogP contribution in [0.3, 0.4) is 0 Å². The molecular weight excluding hydrogens is 638 g/mol. The van der Waals surface area contributed by atoms with Gasteiger partial charge in [0.2, 0.25) is 11.8 Å². The van der Waals surface area contributed by atoms with E-state index in [0.29, 0.717) is 69.3 Å². The molecule has 3 aliphatic heterocycles. The lowest BCUT2D eigenvalue weighted by molar-refractivity contribution is -0.142. The lowest BCUT2D eigenvalue weighted by atomic mass is 9.75. The molecule has 2 aromatic rings. The van der Waals surface area contributed by atoms with Crippen LogP contribution in [0.2, 0.25) is 0 Å². The molecule has 49 heavy (non-hydrogen) atoms. The number of rotatable bonds is 4. The molecule has 4 heterocycles. The first-order valence-corrected chi connectivity index (χ1v) is 17.6. The zero-order valence-electron chi connectivity index (χ0n) is 28.8. The summed E-state index contributed by atoms with van der Waals surface area (Å²) in [5.41, 5.74) is -1.46. The number of alkyl halides is 2. The second-order valence-corrected chi connectivity index (χ2v) is 14.7. The summed E-state index contributed by atoms with van der Waals surface area (Å²) in [5.74, 6) is -4.21. The number of ether oxygens (including phenoxy) is 4. The Balaban J connectivity index is 1.43. The number of alkyl carbamates (subject to hydrolysis) is 1. The highest BCUT2D eigenvalue weighted by Gasteiger charge is 2.52. The van der Waals surface area contributed by atoms with E-state index in [9.17, 15) is 14.4 Å². The predicted molar refractivity (Wildman–Crippen MR) is 176 cm³/mol. The Labute approximate surface area is 285 Å². The summed E-state index contributed by atoms with van der Waals surface area (Å²) in [4.78, 5) is 51.4. The minimum absolute atomic E-state index is 0.0167. The molecule has 1 aromatic heterocycles. The van der Waals surface area contributed by atoms with E-state index in [1.807, 2.05) is 20.8 Å². The summed E-state index contributed by atoms with van der Waals surface area (Å²) in [6.07, 6.45) is 3.75. The Bertz CT molecular complexity index is 1550. The van der Waals surface area contributed by atoms with Gasteiger partial charge in [0.05, 0.1) is 30.7 Å². The van der Waals surface area contributed by atoms with Gasteiger partial charge in [-0.2, -0.15) is 8.78 Å². The van der Waals surface area contributed by atoms with Crippen LogP contribution in [0.1, 0.15) is 90.7 Å².